The Kier molecular flexibility index (Phi) is 34.6. The van der Waals surface area contributed by atoms with Crippen molar-refractivity contribution >= 4 is 5.91 Å². The van der Waals surface area contributed by atoms with Crippen molar-refractivity contribution in [2.75, 3.05) is 6.61 Å². The molecule has 46 heavy (non-hydrogen) atoms. The van der Waals surface area contributed by atoms with Gasteiger partial charge >= 0.3 is 0 Å². The zero-order valence-corrected chi connectivity index (χ0v) is 30.6. The van der Waals surface area contributed by atoms with Crippen molar-refractivity contribution in [1.82, 2.24) is 5.32 Å². The summed E-state index contributed by atoms with van der Waals surface area (Å²) in [6, 6.07) is -0.995. The minimum atomic E-state index is -1.28. The number of amides is 1. The second-order valence-corrected chi connectivity index (χ2v) is 14.0. The van der Waals surface area contributed by atoms with Crippen molar-refractivity contribution in [3.05, 3.63) is 12.2 Å². The average Bonchev–Trinajstić information content (AvgIpc) is 3.06. The Hall–Kier alpha value is -0.950. The van der Waals surface area contributed by atoms with E-state index < -0.39 is 36.9 Å². The van der Waals surface area contributed by atoms with Crippen LogP contribution >= 0.6 is 0 Å². The average molecular weight is 654 g/mol. The van der Waals surface area contributed by atoms with E-state index in [1.165, 1.54) is 141 Å². The van der Waals surface area contributed by atoms with Crippen LogP contribution in [0.5, 0.6) is 0 Å². The van der Waals surface area contributed by atoms with Gasteiger partial charge in [0.25, 0.3) is 0 Å². The van der Waals surface area contributed by atoms with Gasteiger partial charge in [0.1, 0.15) is 12.2 Å². The molecule has 0 saturated carbocycles. The molecule has 0 bridgehead atoms. The van der Waals surface area contributed by atoms with Crippen molar-refractivity contribution in [2.24, 2.45) is 0 Å². The van der Waals surface area contributed by atoms with Gasteiger partial charge in [0, 0.05) is 0 Å². The molecule has 0 aliphatic carbocycles. The van der Waals surface area contributed by atoms with E-state index in [2.05, 4.69) is 31.3 Å². The smallest absolute Gasteiger partial charge is 0.249 e. The van der Waals surface area contributed by atoms with Crippen molar-refractivity contribution in [2.45, 2.75) is 231 Å². The van der Waals surface area contributed by atoms with E-state index in [-0.39, 0.29) is 0 Å². The van der Waals surface area contributed by atoms with Crippen LogP contribution in [0.15, 0.2) is 12.2 Å². The topological polar surface area (TPSA) is 110 Å². The van der Waals surface area contributed by atoms with Gasteiger partial charge in [-0.15, -0.1) is 0 Å². The molecule has 5 N–H and O–H groups in total. The first-order chi connectivity index (χ1) is 22.5. The molecule has 4 unspecified atom stereocenters. The van der Waals surface area contributed by atoms with Crippen LogP contribution in [0.3, 0.4) is 0 Å². The molecular weight excluding hydrogens is 574 g/mol. The number of unbranched alkanes of at least 4 members (excludes halogenated alkanes) is 25. The molecule has 0 fully saturated rings. The number of carbonyl (C=O) groups excluding carboxylic acids is 1. The monoisotopic (exact) mass is 654 g/mol. The molecule has 0 heterocycles. The molecule has 274 valence electrons. The highest BCUT2D eigenvalue weighted by Crippen LogP contribution is 2.16. The zero-order valence-electron chi connectivity index (χ0n) is 30.6. The van der Waals surface area contributed by atoms with Gasteiger partial charge in [0.15, 0.2) is 0 Å². The van der Waals surface area contributed by atoms with E-state index >= 15 is 0 Å². The molecule has 0 aliphatic rings. The second-order valence-electron chi connectivity index (χ2n) is 14.0. The maximum Gasteiger partial charge on any atom is 0.249 e. The fraction of sp³-hybridized carbons (Fsp3) is 0.925. The van der Waals surface area contributed by atoms with Gasteiger partial charge in [0.05, 0.1) is 18.8 Å². The van der Waals surface area contributed by atoms with E-state index in [4.69, 9.17) is 0 Å². The lowest BCUT2D eigenvalue weighted by Crippen LogP contribution is -2.53. The first-order valence-corrected chi connectivity index (χ1v) is 20.1. The summed E-state index contributed by atoms with van der Waals surface area (Å²) >= 11 is 0. The number of aliphatic hydroxyl groups excluding tert-OH is 4. The summed E-state index contributed by atoms with van der Waals surface area (Å²) in [6.07, 6.45) is 36.6. The van der Waals surface area contributed by atoms with Crippen molar-refractivity contribution in [3.63, 3.8) is 0 Å². The number of hydrogen-bond donors (Lipinski definition) is 5. The second kappa shape index (κ2) is 35.4. The zero-order chi connectivity index (χ0) is 33.9. The lowest BCUT2D eigenvalue weighted by molar-refractivity contribution is -0.132. The summed E-state index contributed by atoms with van der Waals surface area (Å²) in [5.74, 6) is -0.592. The number of nitrogens with one attached hydrogen (secondary N) is 1. The predicted molar refractivity (Wildman–Crippen MR) is 196 cm³/mol. The van der Waals surface area contributed by atoms with Gasteiger partial charge in [-0.1, -0.05) is 180 Å². The molecule has 0 aromatic carbocycles. The van der Waals surface area contributed by atoms with Gasteiger partial charge < -0.3 is 25.7 Å². The lowest BCUT2D eigenvalue weighted by Gasteiger charge is -2.27. The van der Waals surface area contributed by atoms with Crippen molar-refractivity contribution < 1.29 is 25.2 Å². The highest BCUT2D eigenvalue weighted by atomic mass is 16.3. The largest absolute Gasteiger partial charge is 0.394 e. The van der Waals surface area contributed by atoms with Crippen LogP contribution in [-0.4, -0.2) is 57.3 Å². The number of aliphatic hydroxyl groups is 4. The molecular formula is C40H79NO5. The summed E-state index contributed by atoms with van der Waals surface area (Å²) in [4.78, 5) is 12.5. The maximum absolute atomic E-state index is 12.5. The van der Waals surface area contributed by atoms with Gasteiger partial charge in [-0.05, 0) is 38.5 Å². The third kappa shape index (κ3) is 29.2. The summed E-state index contributed by atoms with van der Waals surface area (Å²) in [5.41, 5.74) is 0. The molecule has 6 heteroatoms. The molecule has 6 nitrogen and oxygen atoms in total. The maximum atomic E-state index is 12.5. The highest BCUT2D eigenvalue weighted by Gasteiger charge is 2.28. The molecule has 1 amide bonds. The van der Waals surface area contributed by atoms with Gasteiger partial charge in [0.2, 0.25) is 5.91 Å². The Balaban J connectivity index is 3.80. The molecule has 0 radical (unpaired) electrons. The Labute approximate surface area is 285 Å². The quantitative estimate of drug-likeness (QED) is 0.0342. The molecule has 0 aromatic heterocycles. The highest BCUT2D eigenvalue weighted by molar-refractivity contribution is 5.80. The Bertz CT molecular complexity index is 658. The number of rotatable bonds is 36. The standard InChI is InChI=1S/C40H79NO5/c1-3-5-7-9-11-13-15-17-19-20-22-24-26-28-30-32-34-38(44)40(46)41-36(35-42)39(45)37(43)33-31-29-27-25-23-21-18-16-14-12-10-8-6-4-2/h25,27,36-39,42-45H,3-24,26,28-35H2,1-2H3,(H,41,46)/b27-25+. The third-order valence-electron chi connectivity index (χ3n) is 9.48. The fourth-order valence-electron chi connectivity index (χ4n) is 6.23. The van der Waals surface area contributed by atoms with Crippen LogP contribution in [0.4, 0.5) is 0 Å². The molecule has 0 aromatic rings. The van der Waals surface area contributed by atoms with Crippen molar-refractivity contribution in [3.8, 4) is 0 Å². The lowest BCUT2D eigenvalue weighted by atomic mass is 10.00. The molecule has 0 aliphatic heterocycles. The predicted octanol–water partition coefficient (Wildman–Crippen LogP) is 9.85. The van der Waals surface area contributed by atoms with Crippen LogP contribution in [0.1, 0.15) is 206 Å². The Morgan fingerprint density at radius 2 is 0.891 bits per heavy atom. The van der Waals surface area contributed by atoms with Crippen LogP contribution < -0.4 is 5.32 Å². The number of hydrogen-bond acceptors (Lipinski definition) is 5. The van der Waals surface area contributed by atoms with Gasteiger partial charge in [-0.25, -0.2) is 0 Å². The summed E-state index contributed by atoms with van der Waals surface area (Å²) in [7, 11) is 0. The minimum absolute atomic E-state index is 0.368. The molecule has 4 atom stereocenters. The normalized spacial score (nSPS) is 14.5. The third-order valence-corrected chi connectivity index (χ3v) is 9.48. The van der Waals surface area contributed by atoms with E-state index in [0.29, 0.717) is 12.8 Å². The van der Waals surface area contributed by atoms with Crippen molar-refractivity contribution in [1.29, 1.82) is 0 Å². The summed E-state index contributed by atoms with van der Waals surface area (Å²) in [6.45, 7) is 4.03. The first kappa shape index (κ1) is 45.0. The number of carbonyl (C=O) groups is 1. The Morgan fingerprint density at radius 3 is 1.30 bits per heavy atom. The minimum Gasteiger partial charge on any atom is -0.394 e. The summed E-state index contributed by atoms with van der Waals surface area (Å²) < 4.78 is 0. The van der Waals surface area contributed by atoms with E-state index in [0.717, 1.165) is 38.5 Å². The number of allylic oxidation sites excluding steroid dienone is 2. The van der Waals surface area contributed by atoms with Gasteiger partial charge in [-0.2, -0.15) is 0 Å². The Morgan fingerprint density at radius 1 is 0.522 bits per heavy atom. The van der Waals surface area contributed by atoms with E-state index in [9.17, 15) is 25.2 Å². The van der Waals surface area contributed by atoms with Crippen LogP contribution in [0.25, 0.3) is 0 Å². The van der Waals surface area contributed by atoms with E-state index in [1.807, 2.05) is 0 Å². The fourth-order valence-corrected chi connectivity index (χ4v) is 6.23. The first-order valence-electron chi connectivity index (χ1n) is 20.1. The van der Waals surface area contributed by atoms with Crippen LogP contribution in [0.2, 0.25) is 0 Å². The molecule has 0 saturated heterocycles. The summed E-state index contributed by atoms with van der Waals surface area (Å²) in [5, 5.41) is 43.5. The molecule has 0 rings (SSSR count). The van der Waals surface area contributed by atoms with Crippen LogP contribution in [0, 0.1) is 0 Å². The van der Waals surface area contributed by atoms with E-state index in [1.54, 1.807) is 0 Å². The van der Waals surface area contributed by atoms with Gasteiger partial charge in [-0.3, -0.25) is 4.79 Å². The SMILES string of the molecule is CCCCCCCCCCC/C=C/CCCC(O)C(O)C(CO)NC(=O)C(O)CCCCCCCCCCCCCCCCCC. The van der Waals surface area contributed by atoms with Crippen LogP contribution in [-0.2, 0) is 4.79 Å². The molecule has 0 spiro atoms.